The Balaban J connectivity index is 1.53. The largest absolute Gasteiger partial charge is 0.326 e. The van der Waals surface area contributed by atoms with Gasteiger partial charge in [0.05, 0.1) is 10.8 Å². The number of aromatic nitrogens is 1. The monoisotopic (exact) mass is 443 g/mol. The van der Waals surface area contributed by atoms with Crippen molar-refractivity contribution in [3.63, 3.8) is 0 Å². The number of carbonyl (C=O) groups is 1. The molecular weight excluding hydrogens is 421 g/mol. The number of hydrogen-bond donors (Lipinski definition) is 2. The van der Waals surface area contributed by atoms with Crippen LogP contribution in [-0.2, 0) is 14.8 Å². The fraction of sp³-hybridized carbons (Fsp3) is 0.273. The van der Waals surface area contributed by atoms with Gasteiger partial charge in [0.1, 0.15) is 5.82 Å². The van der Waals surface area contributed by atoms with Crippen LogP contribution in [0.1, 0.15) is 18.4 Å². The number of amides is 1. The number of hydrogen-bond acceptors (Lipinski definition) is 4. The molecule has 1 saturated heterocycles. The molecule has 2 heterocycles. The third-order valence-corrected chi connectivity index (χ3v) is 7.39. The fourth-order valence-electron chi connectivity index (χ4n) is 3.73. The summed E-state index contributed by atoms with van der Waals surface area (Å²) in [4.78, 5) is 26.9. The molecule has 0 bridgehead atoms. The van der Waals surface area contributed by atoms with Gasteiger partial charge in [-0.1, -0.05) is 6.07 Å². The molecule has 1 aliphatic rings. The first-order valence-electron chi connectivity index (χ1n) is 9.94. The van der Waals surface area contributed by atoms with Crippen molar-refractivity contribution >= 4 is 32.5 Å². The lowest BCUT2D eigenvalue weighted by molar-refractivity contribution is -0.120. The molecule has 162 valence electrons. The van der Waals surface area contributed by atoms with Crippen molar-refractivity contribution in [2.45, 2.75) is 24.7 Å². The van der Waals surface area contributed by atoms with E-state index in [1.807, 2.05) is 0 Å². The van der Waals surface area contributed by atoms with Gasteiger partial charge in [0.15, 0.2) is 0 Å². The van der Waals surface area contributed by atoms with Crippen LogP contribution < -0.4 is 10.9 Å². The van der Waals surface area contributed by atoms with Gasteiger partial charge in [-0.05, 0) is 67.1 Å². The van der Waals surface area contributed by atoms with Gasteiger partial charge < -0.3 is 10.3 Å². The zero-order valence-corrected chi connectivity index (χ0v) is 17.7. The Hall–Kier alpha value is -3.04. The number of H-pyrrole nitrogens is 1. The molecule has 2 N–H and O–H groups in total. The fourth-order valence-corrected chi connectivity index (χ4v) is 5.29. The molecule has 1 atom stereocenters. The predicted octanol–water partition coefficient (Wildman–Crippen LogP) is 3.02. The van der Waals surface area contributed by atoms with Crippen LogP contribution in [0.15, 0.2) is 58.2 Å². The van der Waals surface area contributed by atoms with Gasteiger partial charge in [-0.15, -0.1) is 0 Å². The number of carbonyl (C=O) groups excluding carboxylic acids is 1. The first kappa shape index (κ1) is 21.2. The minimum Gasteiger partial charge on any atom is -0.326 e. The average molecular weight is 444 g/mol. The topological polar surface area (TPSA) is 99.3 Å². The Bertz CT molecular complexity index is 1320. The summed E-state index contributed by atoms with van der Waals surface area (Å²) in [6.07, 6.45) is 1.09. The Labute approximate surface area is 178 Å². The van der Waals surface area contributed by atoms with Crippen molar-refractivity contribution in [3.05, 3.63) is 70.3 Å². The second-order valence-corrected chi connectivity index (χ2v) is 9.66. The van der Waals surface area contributed by atoms with Crippen LogP contribution >= 0.6 is 0 Å². The summed E-state index contributed by atoms with van der Waals surface area (Å²) in [5, 5.41) is 3.29. The number of aryl methyl sites for hydroxylation is 1. The SMILES string of the molecule is Cc1ccc(NC(=O)[C@H]2CCCN(S(=O)(=O)c3ccc4[nH]c(=O)ccc4c3)C2)cc1F. The second kappa shape index (κ2) is 8.24. The lowest BCUT2D eigenvalue weighted by Gasteiger charge is -2.31. The molecule has 1 aliphatic heterocycles. The van der Waals surface area contributed by atoms with E-state index in [0.717, 1.165) is 0 Å². The summed E-state index contributed by atoms with van der Waals surface area (Å²) in [5.41, 5.74) is 1.11. The molecule has 0 radical (unpaired) electrons. The van der Waals surface area contributed by atoms with E-state index in [0.29, 0.717) is 41.5 Å². The van der Waals surface area contributed by atoms with E-state index < -0.39 is 21.8 Å². The molecule has 1 amide bonds. The smallest absolute Gasteiger partial charge is 0.248 e. The Morgan fingerprint density at radius 2 is 1.97 bits per heavy atom. The molecule has 31 heavy (non-hydrogen) atoms. The molecule has 0 aliphatic carbocycles. The van der Waals surface area contributed by atoms with Gasteiger partial charge in [-0.3, -0.25) is 9.59 Å². The molecule has 3 aromatic rings. The number of nitrogens with zero attached hydrogens (tertiary/aromatic N) is 1. The summed E-state index contributed by atoms with van der Waals surface area (Å²) in [6, 6.07) is 11.9. The third-order valence-electron chi connectivity index (χ3n) is 5.53. The van der Waals surface area contributed by atoms with E-state index in [-0.39, 0.29) is 22.9 Å². The molecule has 2 aromatic carbocycles. The van der Waals surface area contributed by atoms with Crippen LogP contribution in [0.25, 0.3) is 10.9 Å². The van der Waals surface area contributed by atoms with Crippen molar-refractivity contribution < 1.29 is 17.6 Å². The third kappa shape index (κ3) is 4.38. The highest BCUT2D eigenvalue weighted by molar-refractivity contribution is 7.89. The van der Waals surface area contributed by atoms with Crippen molar-refractivity contribution in [1.82, 2.24) is 9.29 Å². The minimum absolute atomic E-state index is 0.0478. The maximum Gasteiger partial charge on any atom is 0.248 e. The zero-order chi connectivity index (χ0) is 22.2. The summed E-state index contributed by atoms with van der Waals surface area (Å²) in [5.74, 6) is -1.28. The van der Waals surface area contributed by atoms with Gasteiger partial charge >= 0.3 is 0 Å². The molecule has 9 heteroatoms. The lowest BCUT2D eigenvalue weighted by atomic mass is 9.98. The number of fused-ring (bicyclic) bond motifs is 1. The molecule has 1 aromatic heterocycles. The van der Waals surface area contributed by atoms with Gasteiger partial charge in [0.2, 0.25) is 21.5 Å². The molecular formula is C22H22FN3O4S. The standard InChI is InChI=1S/C22H22FN3O4S/c1-14-4-6-17(12-19(14)23)24-22(28)16-3-2-10-26(13-16)31(29,30)18-7-8-20-15(11-18)5-9-21(27)25-20/h4-9,11-12,16H,2-3,10,13H2,1H3,(H,24,28)(H,25,27)/t16-/m0/s1. The Morgan fingerprint density at radius 3 is 2.74 bits per heavy atom. The van der Waals surface area contributed by atoms with E-state index in [1.54, 1.807) is 31.2 Å². The summed E-state index contributed by atoms with van der Waals surface area (Å²) >= 11 is 0. The van der Waals surface area contributed by atoms with Gasteiger partial charge in [0.25, 0.3) is 0 Å². The Morgan fingerprint density at radius 1 is 1.16 bits per heavy atom. The van der Waals surface area contributed by atoms with Crippen molar-refractivity contribution in [2.24, 2.45) is 5.92 Å². The van der Waals surface area contributed by atoms with Crippen LogP contribution in [0.3, 0.4) is 0 Å². The molecule has 0 unspecified atom stereocenters. The second-order valence-electron chi connectivity index (χ2n) is 7.73. The van der Waals surface area contributed by atoms with Gasteiger partial charge in [0, 0.05) is 30.4 Å². The molecule has 0 spiro atoms. The van der Waals surface area contributed by atoms with Crippen molar-refractivity contribution in [1.29, 1.82) is 0 Å². The van der Waals surface area contributed by atoms with Gasteiger partial charge in [-0.2, -0.15) is 4.31 Å². The number of aromatic amines is 1. The van der Waals surface area contributed by atoms with E-state index in [2.05, 4.69) is 10.3 Å². The lowest BCUT2D eigenvalue weighted by Crippen LogP contribution is -2.43. The number of benzene rings is 2. The van der Waals surface area contributed by atoms with Crippen LogP contribution in [0, 0.1) is 18.7 Å². The molecule has 7 nitrogen and oxygen atoms in total. The first-order valence-corrected chi connectivity index (χ1v) is 11.4. The van der Waals surface area contributed by atoms with Crippen LogP contribution in [0.4, 0.5) is 10.1 Å². The number of pyridine rings is 1. The highest BCUT2D eigenvalue weighted by Crippen LogP contribution is 2.26. The predicted molar refractivity (Wildman–Crippen MR) is 116 cm³/mol. The van der Waals surface area contributed by atoms with E-state index in [9.17, 15) is 22.4 Å². The number of nitrogens with one attached hydrogen (secondary N) is 2. The van der Waals surface area contributed by atoms with Crippen LogP contribution in [-0.4, -0.2) is 36.7 Å². The quantitative estimate of drug-likeness (QED) is 0.648. The van der Waals surface area contributed by atoms with E-state index in [1.165, 1.54) is 28.6 Å². The molecule has 0 saturated carbocycles. The average Bonchev–Trinajstić information content (AvgIpc) is 2.76. The summed E-state index contributed by atoms with van der Waals surface area (Å²) in [7, 11) is -3.81. The minimum atomic E-state index is -3.81. The highest BCUT2D eigenvalue weighted by atomic mass is 32.2. The number of rotatable bonds is 4. The van der Waals surface area contributed by atoms with Crippen molar-refractivity contribution in [3.8, 4) is 0 Å². The first-order chi connectivity index (χ1) is 14.7. The van der Waals surface area contributed by atoms with Crippen LogP contribution in [0.2, 0.25) is 0 Å². The van der Waals surface area contributed by atoms with E-state index >= 15 is 0 Å². The summed E-state index contributed by atoms with van der Waals surface area (Å²) < 4.78 is 41.4. The van der Waals surface area contributed by atoms with Crippen molar-refractivity contribution in [2.75, 3.05) is 18.4 Å². The zero-order valence-electron chi connectivity index (χ0n) is 16.9. The van der Waals surface area contributed by atoms with Gasteiger partial charge in [-0.25, -0.2) is 12.8 Å². The normalized spacial score (nSPS) is 17.5. The molecule has 1 fully saturated rings. The maximum atomic E-state index is 13.8. The Kier molecular flexibility index (Phi) is 5.63. The summed E-state index contributed by atoms with van der Waals surface area (Å²) in [6.45, 7) is 2.00. The highest BCUT2D eigenvalue weighted by Gasteiger charge is 2.33. The number of halogens is 1. The molecule has 4 rings (SSSR count). The van der Waals surface area contributed by atoms with Crippen LogP contribution in [0.5, 0.6) is 0 Å². The maximum absolute atomic E-state index is 13.8. The number of piperidine rings is 1. The number of sulfonamides is 1. The van der Waals surface area contributed by atoms with E-state index in [4.69, 9.17) is 0 Å². The number of anilines is 1.